The van der Waals surface area contributed by atoms with Crippen LogP contribution in [0.15, 0.2) is 24.3 Å². The van der Waals surface area contributed by atoms with Gasteiger partial charge in [0.15, 0.2) is 0 Å². The Kier molecular flexibility index (Phi) is 5.78. The lowest BCUT2D eigenvalue weighted by Crippen LogP contribution is -2.47. The van der Waals surface area contributed by atoms with Crippen molar-refractivity contribution in [2.45, 2.75) is 57.2 Å². The van der Waals surface area contributed by atoms with Gasteiger partial charge in [-0.3, -0.25) is 9.69 Å². The standard InChI is InChI=1S/C22H29F3N2O2/c23-22(24,25)17-4-6-18(7-5-17)27-14-12-26(13-15-27)11-8-19-16-21(20(28)29-19)9-2-1-3-10-21/h4-7,19H,1-3,8-16H2/t19-/m1/s1. The van der Waals surface area contributed by atoms with Gasteiger partial charge in [-0.05, 0) is 43.5 Å². The molecule has 0 bridgehead atoms. The fourth-order valence-electron chi connectivity index (χ4n) is 5.05. The molecule has 1 aromatic rings. The Morgan fingerprint density at radius 1 is 1.00 bits per heavy atom. The van der Waals surface area contributed by atoms with Crippen molar-refractivity contribution in [2.75, 3.05) is 37.6 Å². The first-order chi connectivity index (χ1) is 13.9. The van der Waals surface area contributed by atoms with E-state index >= 15 is 0 Å². The number of esters is 1. The molecule has 2 aliphatic heterocycles. The minimum atomic E-state index is -4.29. The van der Waals surface area contributed by atoms with Crippen LogP contribution in [0, 0.1) is 5.41 Å². The van der Waals surface area contributed by atoms with Crippen LogP contribution >= 0.6 is 0 Å². The Morgan fingerprint density at radius 2 is 1.66 bits per heavy atom. The van der Waals surface area contributed by atoms with Gasteiger partial charge in [-0.25, -0.2) is 0 Å². The van der Waals surface area contributed by atoms with Crippen molar-refractivity contribution in [3.63, 3.8) is 0 Å². The average molecular weight is 410 g/mol. The van der Waals surface area contributed by atoms with Crippen molar-refractivity contribution in [1.82, 2.24) is 4.90 Å². The third-order valence-electron chi connectivity index (χ3n) is 6.84. The second-order valence-corrected chi connectivity index (χ2v) is 8.73. The molecule has 160 valence electrons. The zero-order valence-corrected chi connectivity index (χ0v) is 16.7. The molecule has 3 aliphatic rings. The van der Waals surface area contributed by atoms with E-state index in [1.807, 2.05) is 0 Å². The van der Waals surface area contributed by atoms with Crippen LogP contribution in [-0.4, -0.2) is 49.7 Å². The van der Waals surface area contributed by atoms with Gasteiger partial charge in [0.25, 0.3) is 0 Å². The summed E-state index contributed by atoms with van der Waals surface area (Å²) in [6.45, 7) is 4.22. The highest BCUT2D eigenvalue weighted by Gasteiger charge is 2.48. The maximum atomic E-state index is 12.7. The van der Waals surface area contributed by atoms with Crippen LogP contribution in [0.4, 0.5) is 18.9 Å². The molecule has 29 heavy (non-hydrogen) atoms. The second kappa shape index (κ2) is 8.17. The summed E-state index contributed by atoms with van der Waals surface area (Å²) in [6, 6.07) is 5.41. The van der Waals surface area contributed by atoms with E-state index in [1.165, 1.54) is 6.42 Å². The highest BCUT2D eigenvalue weighted by atomic mass is 19.4. The first kappa shape index (κ1) is 20.5. The molecule has 0 radical (unpaired) electrons. The van der Waals surface area contributed by atoms with Gasteiger partial charge in [-0.1, -0.05) is 19.3 Å². The topological polar surface area (TPSA) is 32.8 Å². The van der Waals surface area contributed by atoms with Crippen molar-refractivity contribution in [1.29, 1.82) is 0 Å². The Hall–Kier alpha value is -1.76. The van der Waals surface area contributed by atoms with E-state index < -0.39 is 11.7 Å². The minimum absolute atomic E-state index is 0.0225. The van der Waals surface area contributed by atoms with E-state index in [0.29, 0.717) is 0 Å². The number of halogens is 3. The fraction of sp³-hybridized carbons (Fsp3) is 0.682. The summed E-state index contributed by atoms with van der Waals surface area (Å²) in [4.78, 5) is 16.9. The Morgan fingerprint density at radius 3 is 2.28 bits per heavy atom. The Bertz CT molecular complexity index is 706. The smallest absolute Gasteiger partial charge is 0.416 e. The molecule has 7 heteroatoms. The van der Waals surface area contributed by atoms with E-state index in [1.54, 1.807) is 12.1 Å². The van der Waals surface area contributed by atoms with E-state index in [2.05, 4.69) is 9.80 Å². The molecule has 1 aromatic carbocycles. The molecule has 0 amide bonds. The monoisotopic (exact) mass is 410 g/mol. The van der Waals surface area contributed by atoms with Gasteiger partial charge in [0.2, 0.25) is 0 Å². The van der Waals surface area contributed by atoms with Gasteiger partial charge < -0.3 is 9.64 Å². The zero-order valence-electron chi connectivity index (χ0n) is 16.7. The molecule has 4 nitrogen and oxygen atoms in total. The van der Waals surface area contributed by atoms with Crippen LogP contribution in [0.5, 0.6) is 0 Å². The molecule has 3 fully saturated rings. The molecule has 2 saturated heterocycles. The first-order valence-corrected chi connectivity index (χ1v) is 10.7. The van der Waals surface area contributed by atoms with Crippen molar-refractivity contribution in [3.05, 3.63) is 29.8 Å². The lowest BCUT2D eigenvalue weighted by Gasteiger charge is -2.36. The lowest BCUT2D eigenvalue weighted by atomic mass is 9.72. The van der Waals surface area contributed by atoms with Gasteiger partial charge in [0.05, 0.1) is 11.0 Å². The molecular weight excluding hydrogens is 381 g/mol. The number of cyclic esters (lactones) is 1. The maximum absolute atomic E-state index is 12.7. The first-order valence-electron chi connectivity index (χ1n) is 10.7. The Labute approximate surface area is 170 Å². The summed E-state index contributed by atoms with van der Waals surface area (Å²) < 4.78 is 43.9. The molecule has 4 rings (SSSR count). The predicted molar refractivity (Wildman–Crippen MR) is 105 cm³/mol. The number of ether oxygens (including phenoxy) is 1. The number of rotatable bonds is 4. The molecular formula is C22H29F3N2O2. The molecule has 1 aliphatic carbocycles. The van der Waals surface area contributed by atoms with Crippen LogP contribution in [0.3, 0.4) is 0 Å². The van der Waals surface area contributed by atoms with Crippen LogP contribution < -0.4 is 4.90 Å². The summed E-state index contributed by atoms with van der Waals surface area (Å²) in [6.07, 6.45) is 2.93. The van der Waals surface area contributed by atoms with Gasteiger partial charge >= 0.3 is 12.1 Å². The number of benzene rings is 1. The van der Waals surface area contributed by atoms with Crippen LogP contribution in [-0.2, 0) is 15.7 Å². The number of piperazine rings is 1. The van der Waals surface area contributed by atoms with Gasteiger partial charge in [-0.15, -0.1) is 0 Å². The number of nitrogens with zero attached hydrogens (tertiary/aromatic N) is 2. The molecule has 2 heterocycles. The fourth-order valence-corrected chi connectivity index (χ4v) is 5.05. The van der Waals surface area contributed by atoms with Gasteiger partial charge in [0, 0.05) is 44.8 Å². The number of carbonyl (C=O) groups is 1. The predicted octanol–water partition coefficient (Wildman–Crippen LogP) is 4.48. The van der Waals surface area contributed by atoms with E-state index in [-0.39, 0.29) is 17.5 Å². The molecule has 0 unspecified atom stereocenters. The van der Waals surface area contributed by atoms with Gasteiger partial charge in [0.1, 0.15) is 6.10 Å². The number of alkyl halides is 3. The third kappa shape index (κ3) is 4.55. The van der Waals surface area contributed by atoms with Crippen LogP contribution in [0.25, 0.3) is 0 Å². The molecule has 0 aromatic heterocycles. The highest BCUT2D eigenvalue weighted by Crippen LogP contribution is 2.46. The zero-order chi connectivity index (χ0) is 20.5. The SMILES string of the molecule is O=C1O[C@H](CCN2CCN(c3ccc(C(F)(F)F)cc3)CC2)CC12CCCCC2. The van der Waals surface area contributed by atoms with Crippen LogP contribution in [0.1, 0.15) is 50.5 Å². The summed E-state index contributed by atoms with van der Waals surface area (Å²) in [5, 5.41) is 0. The van der Waals surface area contributed by atoms with Crippen molar-refractivity contribution < 1.29 is 22.7 Å². The summed E-state index contributed by atoms with van der Waals surface area (Å²) in [5.41, 5.74) is 0.0211. The van der Waals surface area contributed by atoms with Gasteiger partial charge in [-0.2, -0.15) is 13.2 Å². The quantitative estimate of drug-likeness (QED) is 0.685. The van der Waals surface area contributed by atoms with Crippen molar-refractivity contribution >= 4 is 11.7 Å². The number of anilines is 1. The van der Waals surface area contributed by atoms with E-state index in [0.717, 1.165) is 89.1 Å². The summed E-state index contributed by atoms with van der Waals surface area (Å²) in [5.74, 6) is 0.0225. The van der Waals surface area contributed by atoms with Crippen LogP contribution in [0.2, 0.25) is 0 Å². The minimum Gasteiger partial charge on any atom is -0.462 e. The molecule has 1 spiro atoms. The molecule has 1 saturated carbocycles. The third-order valence-corrected chi connectivity index (χ3v) is 6.84. The van der Waals surface area contributed by atoms with E-state index in [9.17, 15) is 18.0 Å². The van der Waals surface area contributed by atoms with Crippen molar-refractivity contribution in [2.24, 2.45) is 5.41 Å². The second-order valence-electron chi connectivity index (χ2n) is 8.73. The van der Waals surface area contributed by atoms with Crippen molar-refractivity contribution in [3.8, 4) is 0 Å². The molecule has 1 atom stereocenters. The normalized spacial score (nSPS) is 25.4. The summed E-state index contributed by atoms with van der Waals surface area (Å²) in [7, 11) is 0. The van der Waals surface area contributed by atoms with E-state index in [4.69, 9.17) is 4.74 Å². The largest absolute Gasteiger partial charge is 0.462 e. The molecule has 0 N–H and O–H groups in total. The summed E-state index contributed by atoms with van der Waals surface area (Å²) >= 11 is 0. The average Bonchev–Trinajstić information content (AvgIpc) is 3.01. The highest BCUT2D eigenvalue weighted by molar-refractivity contribution is 5.79. The number of carbonyl (C=O) groups excluding carboxylic acids is 1. The number of hydrogen-bond acceptors (Lipinski definition) is 4. The Balaban J connectivity index is 1.23. The number of hydrogen-bond donors (Lipinski definition) is 0. The maximum Gasteiger partial charge on any atom is 0.416 e. The lowest BCUT2D eigenvalue weighted by molar-refractivity contribution is -0.150.